The molecule has 1 fully saturated rings. The summed E-state index contributed by atoms with van der Waals surface area (Å²) >= 11 is 6.22. The Balaban J connectivity index is 1.51. The van der Waals surface area contributed by atoms with Crippen LogP contribution in [0.15, 0.2) is 39.1 Å². The van der Waals surface area contributed by atoms with E-state index in [0.717, 1.165) is 30.4 Å². The van der Waals surface area contributed by atoms with Crippen molar-refractivity contribution in [3.05, 3.63) is 52.1 Å². The highest BCUT2D eigenvalue weighted by Gasteiger charge is 2.31. The molecular formula is C21H26ClN7O2. The van der Waals surface area contributed by atoms with Crippen LogP contribution in [0.1, 0.15) is 62.0 Å². The maximum absolute atomic E-state index is 13.0. The number of aryl methyl sites for hydroxylation is 1. The highest BCUT2D eigenvalue weighted by molar-refractivity contribution is 6.30. The number of benzene rings is 1. The van der Waals surface area contributed by atoms with Crippen molar-refractivity contribution in [2.45, 2.75) is 58.3 Å². The standard InChI is InChI=1S/C21H26ClN7O2/c1-14-23-20(31-24-14)18-6-4-5-11-28(18)19(30)10-8-15-7-9-17(22)12-16(15)13-29-26-21(2,3)25-27-29/h7-10,12,18,26H,4-6,11,13H2,1-3H3/b10-8+. The van der Waals surface area contributed by atoms with Gasteiger partial charge in [0.2, 0.25) is 11.8 Å². The van der Waals surface area contributed by atoms with E-state index in [4.69, 9.17) is 16.1 Å². The number of hydrazine groups is 1. The third-order valence-corrected chi connectivity index (χ3v) is 5.49. The van der Waals surface area contributed by atoms with Crippen molar-refractivity contribution in [2.75, 3.05) is 6.54 Å². The van der Waals surface area contributed by atoms with E-state index in [1.807, 2.05) is 38.1 Å². The largest absolute Gasteiger partial charge is 0.337 e. The Hall–Kier alpha value is -2.78. The van der Waals surface area contributed by atoms with Gasteiger partial charge in [-0.1, -0.05) is 28.0 Å². The molecule has 0 spiro atoms. The molecule has 0 bridgehead atoms. The van der Waals surface area contributed by atoms with Gasteiger partial charge in [-0.25, -0.2) is 5.12 Å². The summed E-state index contributed by atoms with van der Waals surface area (Å²) in [5.41, 5.74) is 4.58. The van der Waals surface area contributed by atoms with Gasteiger partial charge in [0.1, 0.15) is 11.7 Å². The lowest BCUT2D eigenvalue weighted by molar-refractivity contribution is -0.130. The summed E-state index contributed by atoms with van der Waals surface area (Å²) in [5, 5.41) is 14.5. The third-order valence-electron chi connectivity index (χ3n) is 5.25. The molecule has 1 saturated heterocycles. The number of piperidine rings is 1. The SMILES string of the molecule is Cc1noc(C2CCCCN2C(=O)/C=C/c2ccc(Cl)cc2CN2N=NC(C)(C)N2)n1. The van der Waals surface area contributed by atoms with Gasteiger partial charge in [0, 0.05) is 17.6 Å². The zero-order chi connectivity index (χ0) is 22.0. The van der Waals surface area contributed by atoms with Crippen molar-refractivity contribution in [3.8, 4) is 0 Å². The lowest BCUT2D eigenvalue weighted by Crippen LogP contribution is -2.41. The van der Waals surface area contributed by atoms with Crippen LogP contribution in [0, 0.1) is 6.92 Å². The van der Waals surface area contributed by atoms with Gasteiger partial charge in [0.15, 0.2) is 5.82 Å². The van der Waals surface area contributed by atoms with Crippen molar-refractivity contribution >= 4 is 23.6 Å². The topological polar surface area (TPSA) is 99.2 Å². The summed E-state index contributed by atoms with van der Waals surface area (Å²) in [6, 6.07) is 5.39. The number of likely N-dealkylation sites (tertiary alicyclic amines) is 1. The Morgan fingerprint density at radius 1 is 1.39 bits per heavy atom. The van der Waals surface area contributed by atoms with Gasteiger partial charge >= 0.3 is 0 Å². The number of aromatic nitrogens is 2. The van der Waals surface area contributed by atoms with Gasteiger partial charge in [0.25, 0.3) is 0 Å². The Kier molecular flexibility index (Phi) is 6.06. The Labute approximate surface area is 186 Å². The molecule has 2 aliphatic heterocycles. The maximum atomic E-state index is 13.0. The van der Waals surface area contributed by atoms with Crippen LogP contribution in [0.3, 0.4) is 0 Å². The van der Waals surface area contributed by atoms with Gasteiger partial charge in [-0.15, -0.1) is 5.11 Å². The molecule has 3 heterocycles. The van der Waals surface area contributed by atoms with E-state index in [1.54, 1.807) is 23.0 Å². The van der Waals surface area contributed by atoms with Crippen molar-refractivity contribution in [2.24, 2.45) is 10.3 Å². The number of carbonyl (C=O) groups is 1. The molecule has 2 aromatic rings. The number of carbonyl (C=O) groups excluding carboxylic acids is 1. The van der Waals surface area contributed by atoms with Crippen molar-refractivity contribution in [3.63, 3.8) is 0 Å². The number of rotatable bonds is 5. The number of hydrogen-bond acceptors (Lipinski definition) is 8. The van der Waals surface area contributed by atoms with E-state index in [2.05, 4.69) is 25.9 Å². The zero-order valence-corrected chi connectivity index (χ0v) is 18.6. The molecule has 0 saturated carbocycles. The summed E-state index contributed by atoms with van der Waals surface area (Å²) in [6.45, 7) is 6.78. The van der Waals surface area contributed by atoms with E-state index in [-0.39, 0.29) is 11.9 Å². The normalized spacial score (nSPS) is 20.7. The van der Waals surface area contributed by atoms with Crippen LogP contribution < -0.4 is 5.43 Å². The lowest BCUT2D eigenvalue weighted by Gasteiger charge is -2.32. The van der Waals surface area contributed by atoms with Crippen molar-refractivity contribution < 1.29 is 9.32 Å². The first-order valence-electron chi connectivity index (χ1n) is 10.4. The van der Waals surface area contributed by atoms with Gasteiger partial charge in [-0.2, -0.15) is 10.4 Å². The average molecular weight is 444 g/mol. The molecule has 31 heavy (non-hydrogen) atoms. The molecule has 2 aliphatic rings. The maximum Gasteiger partial charge on any atom is 0.249 e. The highest BCUT2D eigenvalue weighted by Crippen LogP contribution is 2.30. The third kappa shape index (κ3) is 5.11. The predicted molar refractivity (Wildman–Crippen MR) is 115 cm³/mol. The predicted octanol–water partition coefficient (Wildman–Crippen LogP) is 4.22. The highest BCUT2D eigenvalue weighted by atomic mass is 35.5. The first-order valence-corrected chi connectivity index (χ1v) is 10.7. The molecule has 1 N–H and O–H groups in total. The lowest BCUT2D eigenvalue weighted by atomic mass is 10.0. The molecular weight excluding hydrogens is 418 g/mol. The summed E-state index contributed by atoms with van der Waals surface area (Å²) in [7, 11) is 0. The summed E-state index contributed by atoms with van der Waals surface area (Å²) in [6.07, 6.45) is 6.20. The van der Waals surface area contributed by atoms with Crippen LogP contribution in [-0.4, -0.2) is 38.3 Å². The van der Waals surface area contributed by atoms with Crippen LogP contribution in [0.2, 0.25) is 5.02 Å². The average Bonchev–Trinajstić information content (AvgIpc) is 3.32. The van der Waals surface area contributed by atoms with Crippen LogP contribution in [-0.2, 0) is 11.3 Å². The Morgan fingerprint density at radius 3 is 2.94 bits per heavy atom. The summed E-state index contributed by atoms with van der Waals surface area (Å²) in [5.74, 6) is 0.992. The number of nitrogens with one attached hydrogen (secondary N) is 1. The fourth-order valence-electron chi connectivity index (χ4n) is 3.79. The van der Waals surface area contributed by atoms with E-state index < -0.39 is 5.66 Å². The second-order valence-electron chi connectivity index (χ2n) is 8.32. The molecule has 1 aromatic heterocycles. The summed E-state index contributed by atoms with van der Waals surface area (Å²) < 4.78 is 5.34. The molecule has 4 rings (SSSR count). The smallest absolute Gasteiger partial charge is 0.249 e. The number of halogens is 1. The van der Waals surface area contributed by atoms with Crippen LogP contribution in [0.5, 0.6) is 0 Å². The van der Waals surface area contributed by atoms with E-state index >= 15 is 0 Å². The molecule has 10 heteroatoms. The fourth-order valence-corrected chi connectivity index (χ4v) is 3.98. The first kappa shape index (κ1) is 21.5. The molecule has 9 nitrogen and oxygen atoms in total. The second-order valence-corrected chi connectivity index (χ2v) is 8.75. The molecule has 0 aliphatic carbocycles. The number of amides is 1. The van der Waals surface area contributed by atoms with Crippen molar-refractivity contribution in [1.82, 2.24) is 25.6 Å². The monoisotopic (exact) mass is 443 g/mol. The van der Waals surface area contributed by atoms with Gasteiger partial charge in [0.05, 0.1) is 6.54 Å². The number of hydrogen-bond donors (Lipinski definition) is 1. The van der Waals surface area contributed by atoms with E-state index in [0.29, 0.717) is 29.8 Å². The van der Waals surface area contributed by atoms with Gasteiger partial charge in [-0.3, -0.25) is 4.79 Å². The van der Waals surface area contributed by atoms with E-state index in [1.165, 1.54) is 0 Å². The summed E-state index contributed by atoms with van der Waals surface area (Å²) in [4.78, 5) is 19.2. The fraction of sp³-hybridized carbons (Fsp3) is 0.476. The Morgan fingerprint density at radius 2 is 2.23 bits per heavy atom. The molecule has 1 atom stereocenters. The van der Waals surface area contributed by atoms with Gasteiger partial charge in [-0.05, 0) is 69.4 Å². The molecule has 1 amide bonds. The zero-order valence-electron chi connectivity index (χ0n) is 17.9. The van der Waals surface area contributed by atoms with Crippen LogP contribution in [0.25, 0.3) is 6.08 Å². The second kappa shape index (κ2) is 8.76. The minimum Gasteiger partial charge on any atom is -0.337 e. The molecule has 0 radical (unpaired) electrons. The first-order chi connectivity index (χ1) is 14.8. The van der Waals surface area contributed by atoms with Crippen LogP contribution >= 0.6 is 11.6 Å². The molecule has 164 valence electrons. The minimum atomic E-state index is -0.444. The Bertz CT molecular complexity index is 1020. The molecule has 1 aromatic carbocycles. The quantitative estimate of drug-likeness (QED) is 0.694. The van der Waals surface area contributed by atoms with Crippen LogP contribution in [0.4, 0.5) is 0 Å². The van der Waals surface area contributed by atoms with Crippen molar-refractivity contribution in [1.29, 1.82) is 0 Å². The van der Waals surface area contributed by atoms with E-state index in [9.17, 15) is 4.79 Å². The number of nitrogens with zero attached hydrogens (tertiary/aromatic N) is 6. The molecule has 1 unspecified atom stereocenters. The van der Waals surface area contributed by atoms with Gasteiger partial charge < -0.3 is 9.42 Å². The minimum absolute atomic E-state index is 0.0819.